The molecular formula is C7H14INO3S. The molecule has 0 aliphatic carbocycles. The summed E-state index contributed by atoms with van der Waals surface area (Å²) in [5, 5.41) is 2.55. The summed E-state index contributed by atoms with van der Waals surface area (Å²) in [6.45, 7) is 0.567. The zero-order chi connectivity index (χ0) is 10.3. The molecule has 0 aromatic carbocycles. The number of hydrogen-bond donors (Lipinski definition) is 1. The normalized spacial score (nSPS) is 11.2. The van der Waals surface area contributed by atoms with E-state index in [2.05, 4.69) is 27.9 Å². The van der Waals surface area contributed by atoms with Crippen LogP contribution in [0.4, 0.5) is 0 Å². The number of hydrogen-bond acceptors (Lipinski definition) is 3. The molecule has 0 bridgehead atoms. The summed E-state index contributed by atoms with van der Waals surface area (Å²) < 4.78 is 22.4. The van der Waals surface area contributed by atoms with Crippen LogP contribution in [0.1, 0.15) is 12.8 Å². The Morgan fingerprint density at radius 3 is 2.46 bits per heavy atom. The lowest BCUT2D eigenvalue weighted by atomic mass is 10.3. The topological polar surface area (TPSA) is 63.2 Å². The van der Waals surface area contributed by atoms with E-state index in [4.69, 9.17) is 0 Å². The first-order valence-corrected chi connectivity index (χ1v) is 7.54. The molecule has 0 rings (SSSR count). The molecule has 0 saturated carbocycles. The van der Waals surface area contributed by atoms with Gasteiger partial charge in [0, 0.05) is 12.8 Å². The number of carbonyl (C=O) groups excluding carboxylic acids is 1. The number of alkyl halides is 1. The molecule has 6 heteroatoms. The predicted octanol–water partition coefficient (Wildman–Crippen LogP) is 0.362. The first-order valence-electron chi connectivity index (χ1n) is 3.96. The molecule has 0 radical (unpaired) electrons. The molecule has 4 nitrogen and oxygen atoms in total. The minimum absolute atomic E-state index is 0.406. The van der Waals surface area contributed by atoms with E-state index in [0.29, 0.717) is 6.54 Å². The van der Waals surface area contributed by atoms with Crippen LogP contribution in [0.25, 0.3) is 0 Å². The highest BCUT2D eigenvalue weighted by Gasteiger charge is 2.09. The van der Waals surface area contributed by atoms with Crippen LogP contribution in [0.2, 0.25) is 0 Å². The van der Waals surface area contributed by atoms with E-state index >= 15 is 0 Å². The second kappa shape index (κ2) is 6.58. The van der Waals surface area contributed by atoms with Gasteiger partial charge in [0.25, 0.3) is 0 Å². The van der Waals surface area contributed by atoms with Gasteiger partial charge in [0.1, 0.15) is 5.75 Å². The number of sulfone groups is 1. The standard InChI is InChI=1S/C7H14INO3S/c1-13(11,12)6-7(10)9-5-3-2-4-8/h2-6H2,1H3,(H,9,10). The van der Waals surface area contributed by atoms with E-state index in [1.165, 1.54) is 0 Å². The summed E-state index contributed by atoms with van der Waals surface area (Å²) in [4.78, 5) is 10.9. The maximum Gasteiger partial charge on any atom is 0.235 e. The predicted molar refractivity (Wildman–Crippen MR) is 60.8 cm³/mol. The first-order chi connectivity index (χ1) is 5.95. The van der Waals surface area contributed by atoms with Crippen LogP contribution in [-0.2, 0) is 14.6 Å². The van der Waals surface area contributed by atoms with Crippen LogP contribution in [-0.4, -0.2) is 37.3 Å². The Morgan fingerprint density at radius 1 is 1.38 bits per heavy atom. The van der Waals surface area contributed by atoms with E-state index < -0.39 is 21.5 Å². The molecule has 0 aromatic heterocycles. The van der Waals surface area contributed by atoms with Crippen molar-refractivity contribution >= 4 is 38.3 Å². The van der Waals surface area contributed by atoms with Crippen molar-refractivity contribution in [2.45, 2.75) is 12.8 Å². The second-order valence-electron chi connectivity index (χ2n) is 2.82. The minimum Gasteiger partial charge on any atom is -0.355 e. The van der Waals surface area contributed by atoms with Gasteiger partial charge in [0.05, 0.1) is 0 Å². The first kappa shape index (κ1) is 13.2. The Morgan fingerprint density at radius 2 is 2.00 bits per heavy atom. The summed E-state index contributed by atoms with van der Waals surface area (Å²) in [5.74, 6) is -0.812. The fourth-order valence-corrected chi connectivity index (χ4v) is 1.85. The lowest BCUT2D eigenvalue weighted by Crippen LogP contribution is -2.30. The molecule has 0 aromatic rings. The highest BCUT2D eigenvalue weighted by atomic mass is 127. The fraction of sp³-hybridized carbons (Fsp3) is 0.857. The van der Waals surface area contributed by atoms with Crippen molar-refractivity contribution in [1.82, 2.24) is 5.32 Å². The monoisotopic (exact) mass is 319 g/mol. The van der Waals surface area contributed by atoms with Gasteiger partial charge >= 0.3 is 0 Å². The van der Waals surface area contributed by atoms with Crippen molar-refractivity contribution in [3.05, 3.63) is 0 Å². The SMILES string of the molecule is CS(=O)(=O)CC(=O)NCCCCI. The van der Waals surface area contributed by atoms with Crippen molar-refractivity contribution in [3.8, 4) is 0 Å². The van der Waals surface area contributed by atoms with Gasteiger partial charge in [0.15, 0.2) is 9.84 Å². The Balaban J connectivity index is 3.53. The highest BCUT2D eigenvalue weighted by molar-refractivity contribution is 14.1. The summed E-state index contributed by atoms with van der Waals surface area (Å²) in [7, 11) is -3.18. The maximum absolute atomic E-state index is 10.9. The van der Waals surface area contributed by atoms with Crippen molar-refractivity contribution in [2.24, 2.45) is 0 Å². The molecule has 0 aliphatic rings. The summed E-state index contributed by atoms with van der Waals surface area (Å²) >= 11 is 2.26. The molecular weight excluding hydrogens is 305 g/mol. The third kappa shape index (κ3) is 10.1. The fourth-order valence-electron chi connectivity index (χ4n) is 0.736. The van der Waals surface area contributed by atoms with Crippen molar-refractivity contribution in [1.29, 1.82) is 0 Å². The smallest absolute Gasteiger partial charge is 0.235 e. The summed E-state index contributed by atoms with van der Waals surface area (Å²) in [6.07, 6.45) is 3.00. The zero-order valence-electron chi connectivity index (χ0n) is 7.55. The highest BCUT2D eigenvalue weighted by Crippen LogP contribution is 1.92. The van der Waals surface area contributed by atoms with Gasteiger partial charge in [-0.15, -0.1) is 0 Å². The minimum atomic E-state index is -3.18. The number of unbranched alkanes of at least 4 members (excludes halogenated alkanes) is 1. The molecule has 1 amide bonds. The van der Waals surface area contributed by atoms with E-state index in [9.17, 15) is 13.2 Å². The van der Waals surface area contributed by atoms with Gasteiger partial charge < -0.3 is 5.32 Å². The number of carbonyl (C=O) groups is 1. The molecule has 0 fully saturated rings. The second-order valence-corrected chi connectivity index (χ2v) is 6.04. The van der Waals surface area contributed by atoms with Gasteiger partial charge in [-0.3, -0.25) is 4.79 Å². The van der Waals surface area contributed by atoms with Gasteiger partial charge in [-0.25, -0.2) is 8.42 Å². The van der Waals surface area contributed by atoms with Gasteiger partial charge in [-0.05, 0) is 17.3 Å². The van der Waals surface area contributed by atoms with Crippen LogP contribution < -0.4 is 5.32 Å². The molecule has 0 spiro atoms. The van der Waals surface area contributed by atoms with Crippen LogP contribution in [0.5, 0.6) is 0 Å². The van der Waals surface area contributed by atoms with Crippen LogP contribution in [0, 0.1) is 0 Å². The third-order valence-electron chi connectivity index (χ3n) is 1.28. The van der Waals surface area contributed by atoms with E-state index in [1.54, 1.807) is 0 Å². The summed E-state index contributed by atoms with van der Waals surface area (Å²) in [6, 6.07) is 0. The lowest BCUT2D eigenvalue weighted by Gasteiger charge is -2.02. The van der Waals surface area contributed by atoms with Crippen molar-refractivity contribution < 1.29 is 13.2 Å². The Labute approximate surface area is 92.5 Å². The quantitative estimate of drug-likeness (QED) is 0.437. The average Bonchev–Trinajstić information content (AvgIpc) is 1.94. The Bertz CT molecular complexity index is 250. The molecule has 0 aliphatic heterocycles. The third-order valence-corrected chi connectivity index (χ3v) is 2.83. The zero-order valence-corrected chi connectivity index (χ0v) is 10.5. The van der Waals surface area contributed by atoms with Crippen LogP contribution >= 0.6 is 22.6 Å². The largest absolute Gasteiger partial charge is 0.355 e. The van der Waals surface area contributed by atoms with Gasteiger partial charge in [0.2, 0.25) is 5.91 Å². The molecule has 1 N–H and O–H groups in total. The number of halogens is 1. The lowest BCUT2D eigenvalue weighted by molar-refractivity contribution is -0.118. The number of amides is 1. The molecule has 0 unspecified atom stereocenters. The van der Waals surface area contributed by atoms with E-state index in [-0.39, 0.29) is 0 Å². The van der Waals surface area contributed by atoms with Gasteiger partial charge in [-0.2, -0.15) is 0 Å². The van der Waals surface area contributed by atoms with Crippen LogP contribution in [0.15, 0.2) is 0 Å². The van der Waals surface area contributed by atoms with Crippen molar-refractivity contribution in [2.75, 3.05) is 23.0 Å². The van der Waals surface area contributed by atoms with Gasteiger partial charge in [-0.1, -0.05) is 22.6 Å². The maximum atomic E-state index is 10.9. The Hall–Kier alpha value is 0.150. The molecule has 0 heterocycles. The molecule has 13 heavy (non-hydrogen) atoms. The number of nitrogens with one attached hydrogen (secondary N) is 1. The molecule has 78 valence electrons. The van der Waals surface area contributed by atoms with Crippen molar-refractivity contribution in [3.63, 3.8) is 0 Å². The van der Waals surface area contributed by atoms with E-state index in [1.807, 2.05) is 0 Å². The summed E-state index contributed by atoms with van der Waals surface area (Å²) in [5.41, 5.74) is 0. The van der Waals surface area contributed by atoms with E-state index in [0.717, 1.165) is 23.5 Å². The molecule has 0 saturated heterocycles. The molecule has 0 atom stereocenters. The van der Waals surface area contributed by atoms with Crippen LogP contribution in [0.3, 0.4) is 0 Å². The number of rotatable bonds is 6. The average molecular weight is 319 g/mol. The Kier molecular flexibility index (Phi) is 6.66.